The lowest BCUT2D eigenvalue weighted by Gasteiger charge is -2.26. The number of ether oxygens (including phenoxy) is 4. The molecule has 2 aromatic carbocycles. The first-order valence-electron chi connectivity index (χ1n) is 13.1. The smallest absolute Gasteiger partial charge is 0.484 e. The number of rotatable bonds is 7. The number of halogens is 5. The molecule has 0 amide bonds. The molecular weight excluding hydrogens is 581 g/mol. The number of pyridine rings is 1. The summed E-state index contributed by atoms with van der Waals surface area (Å²) in [5.74, 6) is -0.930. The fraction of sp³-hybridized carbons (Fsp3) is 0.276. The van der Waals surface area contributed by atoms with Gasteiger partial charge >= 0.3 is 18.4 Å². The van der Waals surface area contributed by atoms with Crippen LogP contribution in [0.2, 0.25) is 0 Å². The highest BCUT2D eigenvalue weighted by atomic mass is 19.4. The largest absolute Gasteiger partial charge is 0.586 e. The summed E-state index contributed by atoms with van der Waals surface area (Å²) >= 11 is 0. The summed E-state index contributed by atoms with van der Waals surface area (Å²) in [6, 6.07) is 11.2. The van der Waals surface area contributed by atoms with Crippen molar-refractivity contribution in [2.24, 2.45) is 0 Å². The molecule has 0 bridgehead atoms. The Bertz CT molecular complexity index is 1690. The van der Waals surface area contributed by atoms with Gasteiger partial charge in [-0.3, -0.25) is 4.98 Å². The number of alkyl halides is 5. The molecule has 6 rings (SSSR count). The van der Waals surface area contributed by atoms with Crippen LogP contribution in [0, 0.1) is 0 Å². The molecule has 0 fully saturated rings. The maximum absolute atomic E-state index is 14.1. The van der Waals surface area contributed by atoms with E-state index in [1.165, 1.54) is 60.9 Å². The molecule has 1 aliphatic carbocycles. The summed E-state index contributed by atoms with van der Waals surface area (Å²) in [7, 11) is 0. The number of aromatic carboxylic acids is 1. The van der Waals surface area contributed by atoms with Crippen LogP contribution in [0.15, 0.2) is 60.9 Å². The Morgan fingerprint density at radius 2 is 1.81 bits per heavy atom. The van der Waals surface area contributed by atoms with Crippen molar-refractivity contribution in [2.75, 3.05) is 0 Å². The number of benzene rings is 2. The van der Waals surface area contributed by atoms with E-state index in [1.807, 2.05) is 0 Å². The highest BCUT2D eigenvalue weighted by Crippen LogP contribution is 2.44. The molecule has 2 atom stereocenters. The van der Waals surface area contributed by atoms with Gasteiger partial charge in [0.2, 0.25) is 0 Å². The number of hydrogen-bond acceptors (Lipinski definition) is 7. The van der Waals surface area contributed by atoms with Crippen LogP contribution in [0.4, 0.5) is 22.0 Å². The fourth-order valence-electron chi connectivity index (χ4n) is 5.10. The zero-order chi connectivity index (χ0) is 30.5. The third-order valence-corrected chi connectivity index (χ3v) is 7.02. The third kappa shape index (κ3) is 5.64. The first-order valence-corrected chi connectivity index (χ1v) is 13.1. The molecule has 0 spiro atoms. The summed E-state index contributed by atoms with van der Waals surface area (Å²) < 4.78 is 91.2. The predicted octanol–water partition coefficient (Wildman–Crippen LogP) is 6.90. The highest BCUT2D eigenvalue weighted by Gasteiger charge is 2.44. The third-order valence-electron chi connectivity index (χ3n) is 7.02. The number of carboxylic acids is 1. The molecule has 14 heteroatoms. The second-order valence-electron chi connectivity index (χ2n) is 9.96. The van der Waals surface area contributed by atoms with Crippen molar-refractivity contribution >= 4 is 5.97 Å². The second kappa shape index (κ2) is 10.4. The van der Waals surface area contributed by atoms with Gasteiger partial charge in [-0.15, -0.1) is 8.78 Å². The first kappa shape index (κ1) is 28.2. The van der Waals surface area contributed by atoms with E-state index in [1.54, 1.807) is 6.92 Å². The Balaban J connectivity index is 1.31. The van der Waals surface area contributed by atoms with Crippen LogP contribution < -0.4 is 18.9 Å². The van der Waals surface area contributed by atoms with Gasteiger partial charge in [0.1, 0.15) is 23.7 Å². The number of nitrogens with zero attached hydrogens (tertiary/aromatic N) is 3. The van der Waals surface area contributed by atoms with Gasteiger partial charge in [0.05, 0.1) is 29.3 Å². The molecule has 1 aliphatic heterocycles. The Morgan fingerprint density at radius 1 is 1.07 bits per heavy atom. The molecule has 0 saturated heterocycles. The predicted molar refractivity (Wildman–Crippen MR) is 138 cm³/mol. The van der Waals surface area contributed by atoms with Crippen LogP contribution in [0.25, 0.3) is 5.69 Å². The standard InChI is InChI=1S/C29H22F5N3O6/c1-15(17-7-10-22-24(11-17)43-29(33,34)42-22)40-20-12-18(13-35-14-20)37-25-21(26(36-37)28(30,31)32)3-2-4-23(25)41-19-8-5-16(6-9-19)27(38)39/h5-15,23H,2-4H2,1H3,(H,38,39)/t15-,23?/m0/s1. The normalized spacial score (nSPS) is 17.7. The van der Waals surface area contributed by atoms with E-state index in [9.17, 15) is 26.7 Å². The monoisotopic (exact) mass is 603 g/mol. The van der Waals surface area contributed by atoms with Crippen molar-refractivity contribution in [2.45, 2.75) is 50.9 Å². The molecular formula is C29H22F5N3O6. The molecule has 43 heavy (non-hydrogen) atoms. The summed E-state index contributed by atoms with van der Waals surface area (Å²) in [5, 5.41) is 13.1. The number of hydrogen-bond donors (Lipinski definition) is 1. The van der Waals surface area contributed by atoms with E-state index in [-0.39, 0.29) is 51.9 Å². The Hall–Kier alpha value is -4.88. The number of aromatic nitrogens is 3. The molecule has 4 aromatic rings. The number of carbonyl (C=O) groups is 1. The zero-order valence-electron chi connectivity index (χ0n) is 22.3. The van der Waals surface area contributed by atoms with Crippen molar-refractivity contribution in [3.05, 3.63) is 89.0 Å². The van der Waals surface area contributed by atoms with Crippen LogP contribution in [-0.2, 0) is 12.6 Å². The molecule has 1 N–H and O–H groups in total. The molecule has 224 valence electrons. The van der Waals surface area contributed by atoms with Gasteiger partial charge in [-0.25, -0.2) is 9.48 Å². The van der Waals surface area contributed by atoms with Crippen LogP contribution in [-0.4, -0.2) is 32.1 Å². The zero-order valence-corrected chi connectivity index (χ0v) is 22.3. The summed E-state index contributed by atoms with van der Waals surface area (Å²) in [4.78, 5) is 15.3. The van der Waals surface area contributed by atoms with Gasteiger partial charge in [0, 0.05) is 11.6 Å². The van der Waals surface area contributed by atoms with E-state index in [4.69, 9.17) is 14.6 Å². The van der Waals surface area contributed by atoms with Gasteiger partial charge in [0.25, 0.3) is 0 Å². The van der Waals surface area contributed by atoms with E-state index in [0.29, 0.717) is 18.4 Å². The Morgan fingerprint density at radius 3 is 2.53 bits per heavy atom. The van der Waals surface area contributed by atoms with Gasteiger partial charge in [-0.2, -0.15) is 18.3 Å². The highest BCUT2D eigenvalue weighted by molar-refractivity contribution is 5.87. The Labute approximate surface area is 240 Å². The number of fused-ring (bicyclic) bond motifs is 2. The van der Waals surface area contributed by atoms with Gasteiger partial charge < -0.3 is 24.1 Å². The summed E-state index contributed by atoms with van der Waals surface area (Å²) in [5.41, 5.74) is -0.139. The molecule has 2 aromatic heterocycles. The summed E-state index contributed by atoms with van der Waals surface area (Å²) in [6.07, 6.45) is -6.38. The van der Waals surface area contributed by atoms with Crippen molar-refractivity contribution in [1.29, 1.82) is 0 Å². The maximum Gasteiger partial charge on any atom is 0.586 e. The van der Waals surface area contributed by atoms with E-state index < -0.39 is 36.3 Å². The van der Waals surface area contributed by atoms with Gasteiger partial charge in [0.15, 0.2) is 17.2 Å². The minimum Gasteiger partial charge on any atom is -0.484 e. The van der Waals surface area contributed by atoms with Crippen molar-refractivity contribution < 1.29 is 50.8 Å². The van der Waals surface area contributed by atoms with Crippen molar-refractivity contribution in [1.82, 2.24) is 14.8 Å². The van der Waals surface area contributed by atoms with Crippen LogP contribution in [0.5, 0.6) is 23.0 Å². The van der Waals surface area contributed by atoms with Gasteiger partial charge in [-0.05, 0) is 68.1 Å². The lowest BCUT2D eigenvalue weighted by Crippen LogP contribution is -2.25. The van der Waals surface area contributed by atoms with E-state index >= 15 is 0 Å². The topological polar surface area (TPSA) is 105 Å². The lowest BCUT2D eigenvalue weighted by atomic mass is 9.93. The maximum atomic E-state index is 14.1. The minimum absolute atomic E-state index is 0.00255. The quantitative estimate of drug-likeness (QED) is 0.228. The fourth-order valence-corrected chi connectivity index (χ4v) is 5.10. The molecule has 0 saturated carbocycles. The second-order valence-corrected chi connectivity index (χ2v) is 9.96. The SMILES string of the molecule is C[C@H](Oc1cncc(-n2nc(C(F)(F)F)c3c2C(Oc2ccc(C(=O)O)cc2)CCC3)c1)c1ccc2c(c1)OC(F)(F)O2. The molecule has 0 radical (unpaired) electrons. The van der Waals surface area contributed by atoms with Crippen molar-refractivity contribution in [3.8, 4) is 28.7 Å². The van der Waals surface area contributed by atoms with E-state index in [0.717, 1.165) is 4.68 Å². The summed E-state index contributed by atoms with van der Waals surface area (Å²) in [6.45, 7) is 1.65. The van der Waals surface area contributed by atoms with Crippen molar-refractivity contribution in [3.63, 3.8) is 0 Å². The molecule has 9 nitrogen and oxygen atoms in total. The molecule has 2 aliphatic rings. The Kier molecular flexibility index (Phi) is 6.86. The average molecular weight is 604 g/mol. The number of carboxylic acid groups (broad SMARTS) is 1. The van der Waals surface area contributed by atoms with E-state index in [2.05, 4.69) is 19.6 Å². The van der Waals surface area contributed by atoms with Crippen LogP contribution >= 0.6 is 0 Å². The van der Waals surface area contributed by atoms with Crippen LogP contribution in [0.3, 0.4) is 0 Å². The molecule has 3 heterocycles. The van der Waals surface area contributed by atoms with Gasteiger partial charge in [-0.1, -0.05) is 6.07 Å². The average Bonchev–Trinajstić information content (AvgIpc) is 3.50. The van der Waals surface area contributed by atoms with Crippen LogP contribution in [0.1, 0.15) is 64.8 Å². The minimum atomic E-state index is -4.73. The lowest BCUT2D eigenvalue weighted by molar-refractivity contribution is -0.286. The molecule has 1 unspecified atom stereocenters. The first-order chi connectivity index (χ1) is 20.4.